The summed E-state index contributed by atoms with van der Waals surface area (Å²) in [7, 11) is 0. The monoisotopic (exact) mass is 461 g/mol. The number of pyridine rings is 1. The number of hydrogen-bond acceptors (Lipinski definition) is 3. The fourth-order valence-electron chi connectivity index (χ4n) is 4.05. The van der Waals surface area contributed by atoms with Crippen LogP contribution in [0, 0.1) is 5.82 Å². The van der Waals surface area contributed by atoms with Gasteiger partial charge in [-0.05, 0) is 72.9 Å². The predicted octanol–water partition coefficient (Wildman–Crippen LogP) is 8.35. The Labute approximate surface area is 203 Å². The first-order valence-corrected chi connectivity index (χ1v) is 12.7. The molecule has 3 aromatic rings. The fourth-order valence-corrected chi connectivity index (χ4v) is 4.05. The Morgan fingerprint density at radius 1 is 0.794 bits per heavy atom. The molecule has 0 aliphatic heterocycles. The zero-order valence-electron chi connectivity index (χ0n) is 20.5. The summed E-state index contributed by atoms with van der Waals surface area (Å²) in [6.45, 7) is 4.28. The highest BCUT2D eigenvalue weighted by Gasteiger charge is 2.15. The molecule has 2 aromatic carbocycles. The van der Waals surface area contributed by atoms with Crippen LogP contribution in [0.25, 0.3) is 11.3 Å². The molecule has 0 atom stereocenters. The lowest BCUT2D eigenvalue weighted by Crippen LogP contribution is -2.11. The highest BCUT2D eigenvalue weighted by molar-refractivity contribution is 5.91. The Morgan fingerprint density at radius 2 is 1.50 bits per heavy atom. The average molecular weight is 462 g/mol. The number of benzene rings is 2. The first-order chi connectivity index (χ1) is 16.6. The van der Waals surface area contributed by atoms with Crippen molar-refractivity contribution < 1.29 is 13.9 Å². The van der Waals surface area contributed by atoms with Gasteiger partial charge in [0.25, 0.3) is 0 Å². The van der Waals surface area contributed by atoms with Gasteiger partial charge in [-0.25, -0.2) is 9.18 Å². The quantitative estimate of drug-likeness (QED) is 0.146. The Balaban J connectivity index is 1.50. The van der Waals surface area contributed by atoms with Crippen LogP contribution in [0.5, 0.6) is 5.75 Å². The maximum Gasteiger partial charge on any atom is 0.346 e. The summed E-state index contributed by atoms with van der Waals surface area (Å²) >= 11 is 0. The van der Waals surface area contributed by atoms with Crippen LogP contribution < -0.4 is 4.74 Å². The molecule has 0 bridgehead atoms. The number of carbonyl (C=O) groups is 1. The summed E-state index contributed by atoms with van der Waals surface area (Å²) in [6.07, 6.45) is 13.8. The van der Waals surface area contributed by atoms with E-state index in [2.05, 4.69) is 18.0 Å². The number of aromatic nitrogens is 1. The number of halogens is 1. The molecule has 0 aliphatic carbocycles. The maximum atomic E-state index is 14.3. The molecule has 3 nitrogen and oxygen atoms in total. The minimum absolute atomic E-state index is 0.0536. The number of nitrogens with zero attached hydrogens (tertiary/aromatic N) is 1. The molecular weight excluding hydrogens is 425 g/mol. The lowest BCUT2D eigenvalue weighted by Gasteiger charge is -2.08. The number of aryl methyl sites for hydroxylation is 2. The number of carbonyl (C=O) groups excluding carboxylic acids is 1. The minimum Gasteiger partial charge on any atom is -0.423 e. The van der Waals surface area contributed by atoms with Crippen LogP contribution in [0.2, 0.25) is 0 Å². The summed E-state index contributed by atoms with van der Waals surface area (Å²) in [4.78, 5) is 17.0. The van der Waals surface area contributed by atoms with Crippen molar-refractivity contribution in [3.05, 3.63) is 83.3 Å². The van der Waals surface area contributed by atoms with Crippen LogP contribution in [0.3, 0.4) is 0 Å². The lowest BCUT2D eigenvalue weighted by atomic mass is 10.0. The predicted molar refractivity (Wildman–Crippen MR) is 137 cm³/mol. The summed E-state index contributed by atoms with van der Waals surface area (Å²) in [6, 6.07) is 16.0. The van der Waals surface area contributed by atoms with E-state index in [0.717, 1.165) is 36.1 Å². The van der Waals surface area contributed by atoms with Crippen molar-refractivity contribution in [2.45, 2.75) is 78.1 Å². The Morgan fingerprint density at radius 3 is 2.15 bits per heavy atom. The normalized spacial score (nSPS) is 10.9. The molecular formula is C30H36FNO2. The third kappa shape index (κ3) is 7.79. The number of rotatable bonds is 13. The SMILES string of the molecule is CCCCCCCCCc1ccc(-c2ccc(OC(=O)c3ccc(CCC)cc3F)cc2)nc1. The zero-order valence-corrected chi connectivity index (χ0v) is 20.5. The minimum atomic E-state index is -0.693. The van der Waals surface area contributed by atoms with Crippen molar-refractivity contribution in [3.8, 4) is 17.0 Å². The molecule has 0 saturated heterocycles. The molecule has 180 valence electrons. The van der Waals surface area contributed by atoms with Gasteiger partial charge in [0.15, 0.2) is 0 Å². The zero-order chi connectivity index (χ0) is 24.2. The molecule has 1 aromatic heterocycles. The van der Waals surface area contributed by atoms with Crippen molar-refractivity contribution in [2.75, 3.05) is 0 Å². The Bertz CT molecular complexity index is 1030. The Kier molecular flexibility index (Phi) is 10.3. The van der Waals surface area contributed by atoms with E-state index in [9.17, 15) is 9.18 Å². The van der Waals surface area contributed by atoms with Crippen LogP contribution in [0.15, 0.2) is 60.8 Å². The van der Waals surface area contributed by atoms with Gasteiger partial charge in [0.05, 0.1) is 11.3 Å². The second-order valence-electron chi connectivity index (χ2n) is 8.90. The van der Waals surface area contributed by atoms with Crippen molar-refractivity contribution in [1.29, 1.82) is 0 Å². The summed E-state index contributed by atoms with van der Waals surface area (Å²) in [5, 5.41) is 0. The number of hydrogen-bond donors (Lipinski definition) is 0. The smallest absolute Gasteiger partial charge is 0.346 e. The van der Waals surface area contributed by atoms with E-state index in [1.165, 1.54) is 62.6 Å². The second kappa shape index (κ2) is 13.6. The van der Waals surface area contributed by atoms with E-state index < -0.39 is 11.8 Å². The lowest BCUT2D eigenvalue weighted by molar-refractivity contribution is 0.0730. The molecule has 4 heteroatoms. The number of ether oxygens (including phenoxy) is 1. The third-order valence-corrected chi connectivity index (χ3v) is 6.05. The van der Waals surface area contributed by atoms with Crippen LogP contribution in [-0.2, 0) is 12.8 Å². The van der Waals surface area contributed by atoms with Gasteiger partial charge in [-0.15, -0.1) is 0 Å². The molecule has 0 fully saturated rings. The number of unbranched alkanes of at least 4 members (excludes halogenated alkanes) is 6. The van der Waals surface area contributed by atoms with E-state index in [1.807, 2.05) is 31.3 Å². The summed E-state index contributed by atoms with van der Waals surface area (Å²) < 4.78 is 19.7. The molecule has 3 rings (SSSR count). The summed E-state index contributed by atoms with van der Waals surface area (Å²) in [5.41, 5.74) is 3.90. The van der Waals surface area contributed by atoms with Gasteiger partial charge in [0.2, 0.25) is 0 Å². The fraction of sp³-hybridized carbons (Fsp3) is 0.400. The topological polar surface area (TPSA) is 39.2 Å². The molecule has 0 unspecified atom stereocenters. The van der Waals surface area contributed by atoms with E-state index in [-0.39, 0.29) is 5.56 Å². The third-order valence-electron chi connectivity index (χ3n) is 6.05. The first kappa shape index (κ1) is 25.6. The van der Waals surface area contributed by atoms with Gasteiger partial charge in [0, 0.05) is 11.8 Å². The molecule has 0 aliphatic rings. The molecule has 34 heavy (non-hydrogen) atoms. The van der Waals surface area contributed by atoms with Crippen molar-refractivity contribution in [1.82, 2.24) is 4.98 Å². The van der Waals surface area contributed by atoms with Gasteiger partial charge in [-0.3, -0.25) is 4.98 Å². The maximum absolute atomic E-state index is 14.3. The van der Waals surface area contributed by atoms with Gasteiger partial charge in [-0.2, -0.15) is 0 Å². The number of esters is 1. The van der Waals surface area contributed by atoms with Crippen molar-refractivity contribution in [3.63, 3.8) is 0 Å². The molecule has 0 N–H and O–H groups in total. The van der Waals surface area contributed by atoms with Crippen LogP contribution in [0.1, 0.15) is 86.7 Å². The van der Waals surface area contributed by atoms with Gasteiger partial charge < -0.3 is 4.74 Å². The highest BCUT2D eigenvalue weighted by atomic mass is 19.1. The van der Waals surface area contributed by atoms with Gasteiger partial charge in [0.1, 0.15) is 11.6 Å². The average Bonchev–Trinajstić information content (AvgIpc) is 2.84. The molecule has 1 heterocycles. The van der Waals surface area contributed by atoms with Gasteiger partial charge >= 0.3 is 5.97 Å². The molecule has 0 radical (unpaired) electrons. The van der Waals surface area contributed by atoms with Crippen molar-refractivity contribution >= 4 is 5.97 Å². The van der Waals surface area contributed by atoms with E-state index in [0.29, 0.717) is 5.75 Å². The molecule has 0 saturated carbocycles. The van der Waals surface area contributed by atoms with E-state index >= 15 is 0 Å². The van der Waals surface area contributed by atoms with Crippen LogP contribution in [0.4, 0.5) is 4.39 Å². The highest BCUT2D eigenvalue weighted by Crippen LogP contribution is 2.23. The standard InChI is InChI=1S/C30H36FNO2/c1-3-5-6-7-8-9-10-12-24-14-20-29(32-22-24)25-15-17-26(18-16-25)34-30(33)27-19-13-23(11-4-2)21-28(27)31/h13-22H,3-12H2,1-2H3. The van der Waals surface area contributed by atoms with Crippen LogP contribution >= 0.6 is 0 Å². The second-order valence-corrected chi connectivity index (χ2v) is 8.90. The van der Waals surface area contributed by atoms with E-state index in [4.69, 9.17) is 4.74 Å². The van der Waals surface area contributed by atoms with E-state index in [1.54, 1.807) is 18.2 Å². The largest absolute Gasteiger partial charge is 0.423 e. The van der Waals surface area contributed by atoms with Crippen molar-refractivity contribution in [2.24, 2.45) is 0 Å². The Hall–Kier alpha value is -3.01. The molecule has 0 spiro atoms. The van der Waals surface area contributed by atoms with Gasteiger partial charge in [-0.1, -0.05) is 70.9 Å². The molecule has 0 amide bonds. The first-order valence-electron chi connectivity index (χ1n) is 12.7. The summed E-state index contributed by atoms with van der Waals surface area (Å²) in [5.74, 6) is -0.865. The van der Waals surface area contributed by atoms with Crippen LogP contribution in [-0.4, -0.2) is 11.0 Å².